The lowest BCUT2D eigenvalue weighted by Crippen LogP contribution is -2.50. The van der Waals surface area contributed by atoms with Crippen molar-refractivity contribution in [3.63, 3.8) is 0 Å². The summed E-state index contributed by atoms with van der Waals surface area (Å²) in [6.07, 6.45) is 3.76. The average Bonchev–Trinajstić information content (AvgIpc) is 3.22. The maximum Gasteiger partial charge on any atom is 0.236 e. The van der Waals surface area contributed by atoms with Crippen LogP contribution in [0.25, 0.3) is 5.69 Å². The first-order valence-corrected chi connectivity index (χ1v) is 10.9. The zero-order valence-corrected chi connectivity index (χ0v) is 17.7. The van der Waals surface area contributed by atoms with E-state index in [2.05, 4.69) is 57.8 Å². The first-order chi connectivity index (χ1) is 14.1. The van der Waals surface area contributed by atoms with Gasteiger partial charge in [0.05, 0.1) is 10.9 Å². The van der Waals surface area contributed by atoms with Gasteiger partial charge < -0.3 is 9.80 Å². The lowest BCUT2D eigenvalue weighted by atomic mass is 10.2. The van der Waals surface area contributed by atoms with Crippen molar-refractivity contribution < 1.29 is 4.79 Å². The third-order valence-corrected chi connectivity index (χ3v) is 6.39. The minimum absolute atomic E-state index is 0.177. The van der Waals surface area contributed by atoms with Crippen LogP contribution in [0.5, 0.6) is 0 Å². The summed E-state index contributed by atoms with van der Waals surface area (Å²) in [6.45, 7) is 7.31. The molecular formula is C23H26N4OS. The number of imidazole rings is 1. The van der Waals surface area contributed by atoms with Crippen molar-refractivity contribution in [3.05, 3.63) is 72.6 Å². The Morgan fingerprint density at radius 1 is 1.00 bits per heavy atom. The van der Waals surface area contributed by atoms with Crippen LogP contribution in [0.1, 0.15) is 12.5 Å². The number of benzene rings is 2. The van der Waals surface area contributed by atoms with Gasteiger partial charge in [-0.15, -0.1) is 0 Å². The van der Waals surface area contributed by atoms with E-state index in [1.807, 2.05) is 36.2 Å². The van der Waals surface area contributed by atoms with E-state index in [1.54, 1.807) is 6.20 Å². The van der Waals surface area contributed by atoms with Crippen molar-refractivity contribution in [2.75, 3.05) is 31.1 Å². The normalized spacial score (nSPS) is 15.4. The summed E-state index contributed by atoms with van der Waals surface area (Å²) in [4.78, 5) is 21.9. The molecule has 29 heavy (non-hydrogen) atoms. The van der Waals surface area contributed by atoms with Gasteiger partial charge >= 0.3 is 0 Å². The zero-order chi connectivity index (χ0) is 20.2. The van der Waals surface area contributed by atoms with Gasteiger partial charge in [-0.1, -0.05) is 48.2 Å². The Balaban J connectivity index is 1.39. The third-order valence-electron chi connectivity index (χ3n) is 5.32. The highest BCUT2D eigenvalue weighted by atomic mass is 32.2. The molecule has 1 aliphatic heterocycles. The number of hydrogen-bond acceptors (Lipinski definition) is 4. The molecule has 4 rings (SSSR count). The van der Waals surface area contributed by atoms with Gasteiger partial charge in [-0.05, 0) is 37.6 Å². The third kappa shape index (κ3) is 4.32. The van der Waals surface area contributed by atoms with Gasteiger partial charge in [0.15, 0.2) is 5.16 Å². The van der Waals surface area contributed by atoms with Crippen molar-refractivity contribution in [2.45, 2.75) is 24.3 Å². The Labute approximate surface area is 176 Å². The van der Waals surface area contributed by atoms with Crippen molar-refractivity contribution in [2.24, 2.45) is 0 Å². The number of aryl methyl sites for hydroxylation is 1. The molecule has 1 fully saturated rings. The molecule has 1 saturated heterocycles. The molecule has 1 unspecified atom stereocenters. The van der Waals surface area contributed by atoms with Gasteiger partial charge in [-0.2, -0.15) is 0 Å². The Hall–Kier alpha value is -2.73. The fourth-order valence-electron chi connectivity index (χ4n) is 3.68. The molecule has 1 aliphatic rings. The minimum Gasteiger partial charge on any atom is -0.368 e. The molecule has 1 amide bonds. The van der Waals surface area contributed by atoms with E-state index in [1.165, 1.54) is 23.0 Å². The summed E-state index contributed by atoms with van der Waals surface area (Å²) in [6, 6.07) is 18.6. The van der Waals surface area contributed by atoms with Crippen molar-refractivity contribution in [1.82, 2.24) is 14.5 Å². The number of carbonyl (C=O) groups excluding carboxylic acids is 1. The van der Waals surface area contributed by atoms with E-state index < -0.39 is 0 Å². The van der Waals surface area contributed by atoms with Crippen molar-refractivity contribution in [3.8, 4) is 5.69 Å². The number of hydrogen-bond donors (Lipinski definition) is 0. The number of para-hydroxylation sites is 2. The smallest absolute Gasteiger partial charge is 0.236 e. The molecule has 2 heterocycles. The minimum atomic E-state index is -0.177. The molecule has 150 valence electrons. The fourth-order valence-corrected chi connectivity index (χ4v) is 4.64. The fraction of sp³-hybridized carbons (Fsp3) is 0.304. The molecule has 0 spiro atoms. The van der Waals surface area contributed by atoms with Crippen molar-refractivity contribution in [1.29, 1.82) is 0 Å². The highest BCUT2D eigenvalue weighted by Gasteiger charge is 2.26. The van der Waals surface area contributed by atoms with Crippen LogP contribution in [-0.2, 0) is 4.79 Å². The van der Waals surface area contributed by atoms with Crippen LogP contribution in [-0.4, -0.2) is 51.8 Å². The zero-order valence-electron chi connectivity index (χ0n) is 16.9. The van der Waals surface area contributed by atoms with Gasteiger partial charge in [0, 0.05) is 44.3 Å². The predicted molar refractivity (Wildman–Crippen MR) is 119 cm³/mol. The number of nitrogens with zero attached hydrogens (tertiary/aromatic N) is 4. The first-order valence-electron chi connectivity index (χ1n) is 9.98. The molecule has 0 aliphatic carbocycles. The van der Waals surface area contributed by atoms with Crippen LogP contribution in [0.4, 0.5) is 5.69 Å². The van der Waals surface area contributed by atoms with E-state index in [0.29, 0.717) is 0 Å². The van der Waals surface area contributed by atoms with Crippen LogP contribution in [0.15, 0.2) is 72.1 Å². The van der Waals surface area contributed by atoms with E-state index in [9.17, 15) is 4.79 Å². The second-order valence-electron chi connectivity index (χ2n) is 7.27. The highest BCUT2D eigenvalue weighted by Crippen LogP contribution is 2.27. The topological polar surface area (TPSA) is 41.4 Å². The van der Waals surface area contributed by atoms with E-state index >= 15 is 0 Å². The summed E-state index contributed by atoms with van der Waals surface area (Å²) in [5.41, 5.74) is 3.51. The van der Waals surface area contributed by atoms with E-state index in [-0.39, 0.29) is 11.2 Å². The number of piperazine rings is 1. The van der Waals surface area contributed by atoms with E-state index in [4.69, 9.17) is 0 Å². The second kappa shape index (κ2) is 8.74. The Morgan fingerprint density at radius 3 is 2.41 bits per heavy atom. The second-order valence-corrected chi connectivity index (χ2v) is 8.58. The van der Waals surface area contributed by atoms with Crippen LogP contribution in [0.2, 0.25) is 0 Å². The molecule has 3 aromatic rings. The Bertz CT molecular complexity index is 964. The van der Waals surface area contributed by atoms with Gasteiger partial charge in [0.1, 0.15) is 0 Å². The summed E-state index contributed by atoms with van der Waals surface area (Å²) in [5.74, 6) is 0.182. The quantitative estimate of drug-likeness (QED) is 0.601. The lowest BCUT2D eigenvalue weighted by molar-refractivity contribution is -0.130. The average molecular weight is 407 g/mol. The standard InChI is InChI=1S/C23H26N4OS/c1-18-8-6-7-11-21(18)27-13-12-24-23(27)29-19(2)22(28)26-16-14-25(15-17-26)20-9-4-3-5-10-20/h3-13,19H,14-17H2,1-2H3. The van der Waals surface area contributed by atoms with Crippen LogP contribution in [0.3, 0.4) is 0 Å². The highest BCUT2D eigenvalue weighted by molar-refractivity contribution is 8.00. The van der Waals surface area contributed by atoms with Crippen LogP contribution in [0, 0.1) is 6.92 Å². The molecule has 0 bridgehead atoms. The number of amides is 1. The Kier molecular flexibility index (Phi) is 5.90. The maximum absolute atomic E-state index is 13.0. The summed E-state index contributed by atoms with van der Waals surface area (Å²) >= 11 is 1.53. The molecule has 6 heteroatoms. The summed E-state index contributed by atoms with van der Waals surface area (Å²) < 4.78 is 2.07. The molecule has 0 saturated carbocycles. The number of aromatic nitrogens is 2. The lowest BCUT2D eigenvalue weighted by Gasteiger charge is -2.37. The van der Waals surface area contributed by atoms with Gasteiger partial charge in [0.2, 0.25) is 5.91 Å². The number of thioether (sulfide) groups is 1. The van der Waals surface area contributed by atoms with Crippen LogP contribution >= 0.6 is 11.8 Å². The Morgan fingerprint density at radius 2 is 1.69 bits per heavy atom. The summed E-state index contributed by atoms with van der Waals surface area (Å²) in [5, 5.41) is 0.673. The van der Waals surface area contributed by atoms with Crippen LogP contribution < -0.4 is 4.90 Å². The number of carbonyl (C=O) groups is 1. The predicted octanol–water partition coefficient (Wildman–Crippen LogP) is 4.01. The molecule has 1 atom stereocenters. The molecule has 0 radical (unpaired) electrons. The van der Waals surface area contributed by atoms with Gasteiger partial charge in [-0.25, -0.2) is 4.98 Å². The SMILES string of the molecule is Cc1ccccc1-n1ccnc1SC(C)C(=O)N1CCN(c2ccccc2)CC1. The molecule has 0 N–H and O–H groups in total. The van der Waals surface area contributed by atoms with Gasteiger partial charge in [-0.3, -0.25) is 9.36 Å². The largest absolute Gasteiger partial charge is 0.368 e. The van der Waals surface area contributed by atoms with E-state index in [0.717, 1.165) is 37.0 Å². The summed E-state index contributed by atoms with van der Waals surface area (Å²) in [7, 11) is 0. The molecular weight excluding hydrogens is 380 g/mol. The monoisotopic (exact) mass is 406 g/mol. The van der Waals surface area contributed by atoms with Gasteiger partial charge in [0.25, 0.3) is 0 Å². The number of rotatable bonds is 5. The maximum atomic E-state index is 13.0. The molecule has 5 nitrogen and oxygen atoms in total. The number of anilines is 1. The van der Waals surface area contributed by atoms with Crippen molar-refractivity contribution >= 4 is 23.4 Å². The molecule has 1 aromatic heterocycles. The first kappa shape index (κ1) is 19.6. The molecule has 2 aromatic carbocycles.